The van der Waals surface area contributed by atoms with Gasteiger partial charge in [-0.15, -0.1) is 0 Å². The Morgan fingerprint density at radius 3 is 3.08 bits per heavy atom. The van der Waals surface area contributed by atoms with E-state index >= 15 is 0 Å². The van der Waals surface area contributed by atoms with Gasteiger partial charge >= 0.3 is 0 Å². The second-order valence-electron chi connectivity index (χ2n) is 3.96. The molecule has 0 amide bonds. The highest BCUT2D eigenvalue weighted by molar-refractivity contribution is 5.29. The van der Waals surface area contributed by atoms with Crippen LogP contribution in [0, 0.1) is 12.8 Å². The van der Waals surface area contributed by atoms with Gasteiger partial charge in [0.1, 0.15) is 5.76 Å². The SMILES string of the molecule is Cc1noc2c1C(CN)C(C)CC2. The molecule has 13 heavy (non-hydrogen) atoms. The van der Waals surface area contributed by atoms with Gasteiger partial charge in [0.05, 0.1) is 5.69 Å². The number of aryl methyl sites for hydroxylation is 2. The highest BCUT2D eigenvalue weighted by Crippen LogP contribution is 2.36. The summed E-state index contributed by atoms with van der Waals surface area (Å²) in [5.74, 6) is 2.18. The van der Waals surface area contributed by atoms with Gasteiger partial charge in [0.2, 0.25) is 0 Å². The van der Waals surface area contributed by atoms with E-state index in [9.17, 15) is 0 Å². The Hall–Kier alpha value is -0.830. The zero-order valence-electron chi connectivity index (χ0n) is 8.21. The maximum Gasteiger partial charge on any atom is 0.140 e. The Kier molecular flexibility index (Phi) is 2.12. The predicted molar refractivity (Wildman–Crippen MR) is 50.5 cm³/mol. The van der Waals surface area contributed by atoms with Crippen molar-refractivity contribution in [3.8, 4) is 0 Å². The molecule has 0 bridgehead atoms. The zero-order chi connectivity index (χ0) is 9.42. The molecule has 1 heterocycles. The van der Waals surface area contributed by atoms with Gasteiger partial charge in [0.25, 0.3) is 0 Å². The van der Waals surface area contributed by atoms with Crippen LogP contribution in [-0.4, -0.2) is 11.7 Å². The maximum atomic E-state index is 5.77. The fraction of sp³-hybridized carbons (Fsp3) is 0.700. The Bertz CT molecular complexity index is 306. The van der Waals surface area contributed by atoms with E-state index in [-0.39, 0.29) is 0 Å². The molecule has 2 N–H and O–H groups in total. The van der Waals surface area contributed by atoms with E-state index in [0.717, 1.165) is 17.9 Å². The topological polar surface area (TPSA) is 52.0 Å². The number of hydrogen-bond donors (Lipinski definition) is 1. The minimum absolute atomic E-state index is 0.454. The van der Waals surface area contributed by atoms with E-state index < -0.39 is 0 Å². The van der Waals surface area contributed by atoms with Crippen molar-refractivity contribution in [2.45, 2.75) is 32.6 Å². The standard InChI is InChI=1S/C10H16N2O/c1-6-3-4-9-10(8(6)5-11)7(2)12-13-9/h6,8H,3-5,11H2,1-2H3. The highest BCUT2D eigenvalue weighted by atomic mass is 16.5. The van der Waals surface area contributed by atoms with Crippen molar-refractivity contribution in [2.24, 2.45) is 11.7 Å². The van der Waals surface area contributed by atoms with Crippen molar-refractivity contribution in [2.75, 3.05) is 6.54 Å². The minimum Gasteiger partial charge on any atom is -0.361 e. The molecule has 0 saturated heterocycles. The van der Waals surface area contributed by atoms with Crippen molar-refractivity contribution in [1.29, 1.82) is 0 Å². The van der Waals surface area contributed by atoms with Crippen LogP contribution < -0.4 is 5.73 Å². The molecule has 72 valence electrons. The molecule has 3 nitrogen and oxygen atoms in total. The van der Waals surface area contributed by atoms with Crippen molar-refractivity contribution in [1.82, 2.24) is 5.16 Å². The van der Waals surface area contributed by atoms with Crippen molar-refractivity contribution < 1.29 is 4.52 Å². The molecule has 1 aromatic rings. The lowest BCUT2D eigenvalue weighted by atomic mass is 9.78. The van der Waals surface area contributed by atoms with Crippen LogP contribution in [0.15, 0.2) is 4.52 Å². The molecule has 0 radical (unpaired) electrons. The van der Waals surface area contributed by atoms with Crippen LogP contribution in [0.2, 0.25) is 0 Å². The van der Waals surface area contributed by atoms with Gasteiger partial charge in [0.15, 0.2) is 0 Å². The summed E-state index contributed by atoms with van der Waals surface area (Å²) in [6.07, 6.45) is 2.19. The van der Waals surface area contributed by atoms with Crippen LogP contribution in [0.4, 0.5) is 0 Å². The molecule has 0 saturated carbocycles. The second-order valence-corrected chi connectivity index (χ2v) is 3.96. The Labute approximate surface area is 78.3 Å². The molecule has 2 rings (SSSR count). The quantitative estimate of drug-likeness (QED) is 0.714. The number of hydrogen-bond acceptors (Lipinski definition) is 3. The Morgan fingerprint density at radius 1 is 1.62 bits per heavy atom. The van der Waals surface area contributed by atoms with E-state index in [0.29, 0.717) is 18.4 Å². The van der Waals surface area contributed by atoms with Gasteiger partial charge in [-0.1, -0.05) is 12.1 Å². The van der Waals surface area contributed by atoms with Gasteiger partial charge in [0, 0.05) is 17.9 Å². The first-order valence-electron chi connectivity index (χ1n) is 4.89. The summed E-state index contributed by atoms with van der Waals surface area (Å²) in [6, 6.07) is 0. The number of nitrogens with zero attached hydrogens (tertiary/aromatic N) is 1. The molecule has 1 aliphatic rings. The summed E-state index contributed by atoms with van der Waals surface area (Å²) in [7, 11) is 0. The summed E-state index contributed by atoms with van der Waals surface area (Å²) in [5.41, 5.74) is 8.07. The summed E-state index contributed by atoms with van der Waals surface area (Å²) in [4.78, 5) is 0. The molecule has 0 aliphatic heterocycles. The summed E-state index contributed by atoms with van der Waals surface area (Å²) in [5, 5.41) is 4.00. The molecule has 2 atom stereocenters. The third-order valence-corrected chi connectivity index (χ3v) is 3.12. The third kappa shape index (κ3) is 1.27. The molecule has 3 heteroatoms. The average molecular weight is 180 g/mol. The largest absolute Gasteiger partial charge is 0.361 e. The van der Waals surface area contributed by atoms with Gasteiger partial charge in [-0.2, -0.15) is 0 Å². The van der Waals surface area contributed by atoms with Crippen molar-refractivity contribution in [3.05, 3.63) is 17.0 Å². The predicted octanol–water partition coefficient (Wildman–Crippen LogP) is 1.61. The van der Waals surface area contributed by atoms with Gasteiger partial charge in [-0.3, -0.25) is 0 Å². The molecule has 0 aromatic carbocycles. The molecule has 2 unspecified atom stereocenters. The molecule has 0 fully saturated rings. The molecular weight excluding hydrogens is 164 g/mol. The van der Waals surface area contributed by atoms with E-state index in [4.69, 9.17) is 10.3 Å². The second kappa shape index (κ2) is 3.14. The van der Waals surface area contributed by atoms with E-state index in [2.05, 4.69) is 12.1 Å². The lowest BCUT2D eigenvalue weighted by Crippen LogP contribution is -2.24. The van der Waals surface area contributed by atoms with Crippen LogP contribution in [0.3, 0.4) is 0 Å². The van der Waals surface area contributed by atoms with Crippen LogP contribution in [0.1, 0.15) is 36.3 Å². The first kappa shape index (κ1) is 8.75. The maximum absolute atomic E-state index is 5.77. The number of rotatable bonds is 1. The van der Waals surface area contributed by atoms with Gasteiger partial charge in [-0.25, -0.2) is 0 Å². The average Bonchev–Trinajstić information content (AvgIpc) is 2.49. The van der Waals surface area contributed by atoms with Crippen LogP contribution >= 0.6 is 0 Å². The number of nitrogens with two attached hydrogens (primary N) is 1. The Morgan fingerprint density at radius 2 is 2.38 bits per heavy atom. The Balaban J connectivity index is 2.42. The summed E-state index contributed by atoms with van der Waals surface area (Å²) in [6.45, 7) is 4.96. The summed E-state index contributed by atoms with van der Waals surface area (Å²) >= 11 is 0. The smallest absolute Gasteiger partial charge is 0.140 e. The van der Waals surface area contributed by atoms with E-state index in [1.807, 2.05) is 6.92 Å². The fourth-order valence-corrected chi connectivity index (χ4v) is 2.27. The molecule has 1 aromatic heterocycles. The lowest BCUT2D eigenvalue weighted by molar-refractivity contribution is 0.332. The third-order valence-electron chi connectivity index (χ3n) is 3.12. The highest BCUT2D eigenvalue weighted by Gasteiger charge is 2.30. The van der Waals surface area contributed by atoms with Crippen LogP contribution in [0.5, 0.6) is 0 Å². The monoisotopic (exact) mass is 180 g/mol. The molecular formula is C10H16N2O. The van der Waals surface area contributed by atoms with Crippen molar-refractivity contribution in [3.63, 3.8) is 0 Å². The normalized spacial score (nSPS) is 27.3. The fourth-order valence-electron chi connectivity index (χ4n) is 2.27. The zero-order valence-corrected chi connectivity index (χ0v) is 8.21. The van der Waals surface area contributed by atoms with E-state index in [1.165, 1.54) is 12.0 Å². The number of fused-ring (bicyclic) bond motifs is 1. The van der Waals surface area contributed by atoms with Gasteiger partial charge < -0.3 is 10.3 Å². The van der Waals surface area contributed by atoms with Crippen molar-refractivity contribution >= 4 is 0 Å². The lowest BCUT2D eigenvalue weighted by Gasteiger charge is -2.26. The minimum atomic E-state index is 0.454. The van der Waals surface area contributed by atoms with Gasteiger partial charge in [-0.05, 0) is 25.8 Å². The van der Waals surface area contributed by atoms with Crippen LogP contribution in [-0.2, 0) is 6.42 Å². The summed E-state index contributed by atoms with van der Waals surface area (Å²) < 4.78 is 5.26. The molecule has 0 spiro atoms. The molecule has 1 aliphatic carbocycles. The van der Waals surface area contributed by atoms with Crippen LogP contribution in [0.25, 0.3) is 0 Å². The first-order chi connectivity index (χ1) is 6.24. The number of aromatic nitrogens is 1. The first-order valence-corrected chi connectivity index (χ1v) is 4.89. The van der Waals surface area contributed by atoms with E-state index in [1.54, 1.807) is 0 Å².